The minimum atomic E-state index is 0. The van der Waals surface area contributed by atoms with Gasteiger partial charge in [-0.3, -0.25) is 4.98 Å². The Morgan fingerprint density at radius 1 is 1.38 bits per heavy atom. The number of pyridine rings is 1. The number of aryl methyl sites for hydroxylation is 2. The van der Waals surface area contributed by atoms with Crippen molar-refractivity contribution in [1.29, 1.82) is 0 Å². The quantitative estimate of drug-likeness (QED) is 0.779. The second-order valence-corrected chi connectivity index (χ2v) is 3.20. The van der Waals surface area contributed by atoms with E-state index in [4.69, 9.17) is 0 Å². The molecule has 0 saturated heterocycles. The van der Waals surface area contributed by atoms with Crippen LogP contribution in [-0.4, -0.2) is 19.1 Å². The second kappa shape index (κ2) is 5.42. The van der Waals surface area contributed by atoms with Crippen molar-refractivity contribution < 1.29 is 0 Å². The van der Waals surface area contributed by atoms with E-state index in [1.54, 1.807) is 0 Å². The van der Waals surface area contributed by atoms with Crippen LogP contribution in [0.1, 0.15) is 18.2 Å². The lowest BCUT2D eigenvalue weighted by atomic mass is 10.1. The molecule has 2 nitrogen and oxygen atoms in total. The number of halogens is 1. The lowest BCUT2D eigenvalue weighted by Crippen LogP contribution is -2.11. The maximum absolute atomic E-state index is 4.27. The van der Waals surface area contributed by atoms with Crippen LogP contribution in [0, 0.1) is 6.92 Å². The molecular formula is C10H17IN2. The number of hydrogen-bond acceptors (Lipinski definition) is 2. The molecule has 13 heavy (non-hydrogen) atoms. The molecule has 1 rings (SSSR count). The second-order valence-electron chi connectivity index (χ2n) is 3.20. The first kappa shape index (κ1) is 12.7. The highest BCUT2D eigenvalue weighted by Gasteiger charge is 2.02. The Morgan fingerprint density at radius 2 is 2.00 bits per heavy atom. The summed E-state index contributed by atoms with van der Waals surface area (Å²) >= 11 is 0. The minimum absolute atomic E-state index is 0. The van der Waals surface area contributed by atoms with Crippen molar-refractivity contribution in [2.75, 3.05) is 19.0 Å². The first-order valence-corrected chi connectivity index (χ1v) is 4.28. The van der Waals surface area contributed by atoms with Crippen LogP contribution < -0.4 is 4.90 Å². The molecule has 74 valence electrons. The number of nitrogens with zero attached hydrogens (tertiary/aromatic N) is 2. The first-order valence-electron chi connectivity index (χ1n) is 4.28. The van der Waals surface area contributed by atoms with E-state index in [2.05, 4.69) is 37.0 Å². The molecule has 0 aliphatic heterocycles. The summed E-state index contributed by atoms with van der Waals surface area (Å²) in [6.07, 6.45) is 3.01. The highest BCUT2D eigenvalue weighted by atomic mass is 127. The smallest absolute Gasteiger partial charge is 0.0427 e. The summed E-state index contributed by atoms with van der Waals surface area (Å²) in [5.74, 6) is 0. The predicted octanol–water partition coefficient (Wildman–Crippen LogP) is 2.64. The van der Waals surface area contributed by atoms with Gasteiger partial charge in [0.1, 0.15) is 0 Å². The molecule has 1 aromatic heterocycles. The van der Waals surface area contributed by atoms with Crippen molar-refractivity contribution in [3.05, 3.63) is 23.5 Å². The Balaban J connectivity index is 0.00000144. The minimum Gasteiger partial charge on any atom is -0.377 e. The lowest BCUT2D eigenvalue weighted by molar-refractivity contribution is 1.02. The SMILES string of the molecule is CCc1cnc(C)cc1N(C)C.I. The van der Waals surface area contributed by atoms with Gasteiger partial charge in [-0.2, -0.15) is 0 Å². The molecule has 1 aromatic rings. The van der Waals surface area contributed by atoms with Crippen molar-refractivity contribution >= 4 is 29.7 Å². The molecule has 0 aromatic carbocycles. The van der Waals surface area contributed by atoms with Gasteiger partial charge in [0.2, 0.25) is 0 Å². The van der Waals surface area contributed by atoms with Gasteiger partial charge in [-0.1, -0.05) is 6.92 Å². The zero-order chi connectivity index (χ0) is 9.14. The van der Waals surface area contributed by atoms with Crippen LogP contribution in [0.25, 0.3) is 0 Å². The molecular weight excluding hydrogens is 275 g/mol. The highest BCUT2D eigenvalue weighted by molar-refractivity contribution is 14.0. The molecule has 0 saturated carbocycles. The van der Waals surface area contributed by atoms with E-state index in [1.807, 2.05) is 13.1 Å². The van der Waals surface area contributed by atoms with E-state index < -0.39 is 0 Å². The van der Waals surface area contributed by atoms with Crippen LogP contribution >= 0.6 is 24.0 Å². The predicted molar refractivity (Wildman–Crippen MR) is 68.1 cm³/mol. The average Bonchev–Trinajstić information content (AvgIpc) is 2.04. The molecule has 0 radical (unpaired) electrons. The fourth-order valence-electron chi connectivity index (χ4n) is 1.26. The first-order chi connectivity index (χ1) is 5.65. The Kier molecular flexibility index (Phi) is 5.29. The van der Waals surface area contributed by atoms with Crippen LogP contribution in [0.3, 0.4) is 0 Å². The van der Waals surface area contributed by atoms with Gasteiger partial charge in [-0.15, -0.1) is 24.0 Å². The summed E-state index contributed by atoms with van der Waals surface area (Å²) in [5, 5.41) is 0. The van der Waals surface area contributed by atoms with E-state index in [0.717, 1.165) is 12.1 Å². The van der Waals surface area contributed by atoms with Gasteiger partial charge in [-0.25, -0.2) is 0 Å². The fraction of sp³-hybridized carbons (Fsp3) is 0.500. The third kappa shape index (κ3) is 3.14. The van der Waals surface area contributed by atoms with Crippen molar-refractivity contribution in [3.63, 3.8) is 0 Å². The fourth-order valence-corrected chi connectivity index (χ4v) is 1.26. The van der Waals surface area contributed by atoms with Crippen LogP contribution in [0.4, 0.5) is 5.69 Å². The summed E-state index contributed by atoms with van der Waals surface area (Å²) in [6, 6.07) is 2.12. The Bertz CT molecular complexity index is 272. The van der Waals surface area contributed by atoms with Gasteiger partial charge in [0, 0.05) is 31.7 Å². The summed E-state index contributed by atoms with van der Waals surface area (Å²) in [4.78, 5) is 6.40. The van der Waals surface area contributed by atoms with Crippen molar-refractivity contribution in [2.45, 2.75) is 20.3 Å². The molecule has 0 spiro atoms. The molecule has 0 N–H and O–H groups in total. The zero-order valence-electron chi connectivity index (χ0n) is 8.66. The molecule has 0 aliphatic rings. The van der Waals surface area contributed by atoms with Gasteiger partial charge < -0.3 is 4.90 Å². The third-order valence-electron chi connectivity index (χ3n) is 1.96. The summed E-state index contributed by atoms with van der Waals surface area (Å²) in [5.41, 5.74) is 3.67. The number of anilines is 1. The van der Waals surface area contributed by atoms with Crippen LogP contribution in [0.2, 0.25) is 0 Å². The van der Waals surface area contributed by atoms with Crippen LogP contribution in [0.15, 0.2) is 12.3 Å². The Labute approximate surface area is 97.4 Å². The number of rotatable bonds is 2. The van der Waals surface area contributed by atoms with E-state index in [-0.39, 0.29) is 24.0 Å². The Morgan fingerprint density at radius 3 is 2.46 bits per heavy atom. The third-order valence-corrected chi connectivity index (χ3v) is 1.96. The zero-order valence-corrected chi connectivity index (χ0v) is 11.0. The summed E-state index contributed by atoms with van der Waals surface area (Å²) < 4.78 is 0. The van der Waals surface area contributed by atoms with Gasteiger partial charge in [0.05, 0.1) is 0 Å². The molecule has 1 heterocycles. The molecule has 0 bridgehead atoms. The average molecular weight is 292 g/mol. The van der Waals surface area contributed by atoms with E-state index in [0.29, 0.717) is 0 Å². The highest BCUT2D eigenvalue weighted by Crippen LogP contribution is 2.18. The monoisotopic (exact) mass is 292 g/mol. The van der Waals surface area contributed by atoms with Gasteiger partial charge >= 0.3 is 0 Å². The van der Waals surface area contributed by atoms with Crippen molar-refractivity contribution in [3.8, 4) is 0 Å². The largest absolute Gasteiger partial charge is 0.377 e. The van der Waals surface area contributed by atoms with Gasteiger partial charge in [0.25, 0.3) is 0 Å². The molecule has 3 heteroatoms. The molecule has 0 atom stereocenters. The van der Waals surface area contributed by atoms with Gasteiger partial charge in [-0.05, 0) is 25.0 Å². The van der Waals surface area contributed by atoms with E-state index in [1.165, 1.54) is 11.3 Å². The topological polar surface area (TPSA) is 16.1 Å². The maximum Gasteiger partial charge on any atom is 0.0427 e. The lowest BCUT2D eigenvalue weighted by Gasteiger charge is -2.16. The molecule has 0 aliphatic carbocycles. The van der Waals surface area contributed by atoms with Crippen molar-refractivity contribution in [2.24, 2.45) is 0 Å². The maximum atomic E-state index is 4.27. The summed E-state index contributed by atoms with van der Waals surface area (Å²) in [6.45, 7) is 4.17. The molecule has 0 unspecified atom stereocenters. The molecule has 0 amide bonds. The standard InChI is InChI=1S/C10H16N2.HI/c1-5-9-7-11-8(2)6-10(9)12(3)4;/h6-7H,5H2,1-4H3;1H. The number of hydrogen-bond donors (Lipinski definition) is 0. The van der Waals surface area contributed by atoms with E-state index in [9.17, 15) is 0 Å². The Hall–Kier alpha value is -0.320. The van der Waals surface area contributed by atoms with Gasteiger partial charge in [0.15, 0.2) is 0 Å². The number of aromatic nitrogens is 1. The van der Waals surface area contributed by atoms with E-state index >= 15 is 0 Å². The van der Waals surface area contributed by atoms with Crippen molar-refractivity contribution in [1.82, 2.24) is 4.98 Å². The molecule has 0 fully saturated rings. The summed E-state index contributed by atoms with van der Waals surface area (Å²) in [7, 11) is 4.13. The normalized spacial score (nSPS) is 9.23. The van der Waals surface area contributed by atoms with Crippen LogP contribution in [0.5, 0.6) is 0 Å². The van der Waals surface area contributed by atoms with Crippen LogP contribution in [-0.2, 0) is 6.42 Å².